The summed E-state index contributed by atoms with van der Waals surface area (Å²) in [6.45, 7) is 2.56. The third kappa shape index (κ3) is 62.3. The lowest BCUT2D eigenvalue weighted by atomic mass is 10.9. The number of rotatable bonds is 0. The summed E-state index contributed by atoms with van der Waals surface area (Å²) in [5.74, 6) is -1.08. The van der Waals surface area contributed by atoms with Crippen molar-refractivity contribution in [1.29, 1.82) is 0 Å². The third-order valence-corrected chi connectivity index (χ3v) is 0. The van der Waals surface area contributed by atoms with E-state index in [9.17, 15) is 0 Å². The van der Waals surface area contributed by atoms with E-state index in [2.05, 4.69) is 6.92 Å². The summed E-state index contributed by atoms with van der Waals surface area (Å²) in [7, 11) is 0.750. The summed E-state index contributed by atoms with van der Waals surface area (Å²) < 4.78 is 0. The van der Waals surface area contributed by atoms with E-state index in [1.807, 2.05) is 0 Å². The van der Waals surface area contributed by atoms with Gasteiger partial charge in [-0.15, -0.1) is 0 Å². The summed E-state index contributed by atoms with van der Waals surface area (Å²) >= 11 is 0. The Morgan fingerprint density at radius 3 is 1.67 bits per heavy atom. The van der Waals surface area contributed by atoms with Crippen molar-refractivity contribution in [3.63, 3.8) is 0 Å². The number of aliphatic carboxylic acids is 1. The van der Waals surface area contributed by atoms with Crippen molar-refractivity contribution in [1.82, 2.24) is 0 Å². The van der Waals surface area contributed by atoms with Crippen molar-refractivity contribution in [2.24, 2.45) is 0 Å². The van der Waals surface area contributed by atoms with Crippen LogP contribution in [-0.2, 0) is 9.90 Å². The molecule has 0 heterocycles. The van der Waals surface area contributed by atoms with Gasteiger partial charge in [-0.05, 0) is 0 Å². The van der Waals surface area contributed by atoms with Gasteiger partial charge in [0, 0.05) is 0 Å². The Hall–Kier alpha value is -0.570. The topological polar surface area (TPSA) is 57.2 Å². The third-order valence-electron chi connectivity index (χ3n) is 0. The predicted octanol–water partition coefficient (Wildman–Crippen LogP) is -0.0482. The summed E-state index contributed by atoms with van der Waals surface area (Å²) in [5, 5.41) is 15.6. The maximum absolute atomic E-state index is 8.89. The molecule has 0 aromatic heterocycles. The van der Waals surface area contributed by atoms with E-state index in [1.165, 1.54) is 0 Å². The van der Waals surface area contributed by atoms with Gasteiger partial charge in [-0.1, -0.05) is 0 Å². The van der Waals surface area contributed by atoms with Crippen molar-refractivity contribution in [3.05, 3.63) is 6.92 Å². The van der Waals surface area contributed by atoms with E-state index in [4.69, 9.17) is 15.0 Å². The van der Waals surface area contributed by atoms with Crippen molar-refractivity contribution in [2.45, 2.75) is 0 Å². The van der Waals surface area contributed by atoms with Crippen molar-refractivity contribution in [2.75, 3.05) is 7.11 Å². The molecule has 0 saturated carbocycles. The lowest BCUT2D eigenvalue weighted by molar-refractivity contribution is -0.131. The first-order valence-electron chi connectivity index (χ1n) is 1.19. The molecule has 0 aromatic rings. The zero-order valence-corrected chi connectivity index (χ0v) is 3.47. The molecule has 0 unspecified atom stereocenters. The molecule has 0 saturated heterocycles. The van der Waals surface area contributed by atoms with Gasteiger partial charge in [-0.25, -0.2) is 5.11 Å². The molecular weight excluding hydrogens is 84.0 g/mol. The van der Waals surface area contributed by atoms with Crippen LogP contribution in [0.3, 0.4) is 0 Å². The summed E-state index contributed by atoms with van der Waals surface area (Å²) in [5.41, 5.74) is 0. The van der Waals surface area contributed by atoms with Crippen LogP contribution in [0, 0.1) is 6.92 Å². The van der Waals surface area contributed by atoms with Gasteiger partial charge in [0.1, 0.15) is 0 Å². The summed E-state index contributed by atoms with van der Waals surface area (Å²) in [6.07, 6.45) is 0. The van der Waals surface area contributed by atoms with Crippen LogP contribution in [-0.4, -0.2) is 18.2 Å². The van der Waals surface area contributed by atoms with E-state index in [0.29, 0.717) is 0 Å². The minimum atomic E-state index is -1.08. The highest BCUT2D eigenvalue weighted by molar-refractivity contribution is 5.71. The molecule has 2 radical (unpaired) electrons. The van der Waals surface area contributed by atoms with Crippen LogP contribution in [0.15, 0.2) is 0 Å². The molecule has 0 rings (SSSR count). The fourth-order valence-corrected chi connectivity index (χ4v) is 0. The molecule has 6 heavy (non-hydrogen) atoms. The zero-order chi connectivity index (χ0) is 5.58. The molecular formula is C3H6O3. The maximum atomic E-state index is 8.89. The average molecular weight is 90.1 g/mol. The van der Waals surface area contributed by atoms with Crippen molar-refractivity contribution >= 4 is 5.97 Å². The van der Waals surface area contributed by atoms with Crippen molar-refractivity contribution in [3.8, 4) is 0 Å². The molecule has 0 spiro atoms. The second-order valence-corrected chi connectivity index (χ2v) is 0.394. The number of carbonyl (C=O) groups is 1. The normalized spacial score (nSPS) is 5.17. The molecule has 0 fully saturated rings. The first-order valence-corrected chi connectivity index (χ1v) is 1.19. The Labute approximate surface area is 36.2 Å². The molecule has 0 aromatic carbocycles. The zero-order valence-electron chi connectivity index (χ0n) is 3.47. The molecule has 0 amide bonds. The SMILES string of the molecule is C[O].[CH2]C(=O)O. The molecule has 1 N–H and O–H groups in total. The van der Waals surface area contributed by atoms with Crippen LogP contribution in [0.2, 0.25) is 0 Å². The molecule has 36 valence electrons. The van der Waals surface area contributed by atoms with Gasteiger partial charge in [0.15, 0.2) is 0 Å². The molecule has 3 heteroatoms. The standard InChI is InChI=1S/C2H3O2.CH3O/c1-2(3)4;1-2/h1H2,(H,3,4);1H3. The van der Waals surface area contributed by atoms with Gasteiger partial charge in [-0.2, -0.15) is 0 Å². The number of hydrogen-bond donors (Lipinski definition) is 1. The Bertz CT molecular complexity index is 29.0. The van der Waals surface area contributed by atoms with Crippen LogP contribution >= 0.6 is 0 Å². The van der Waals surface area contributed by atoms with Crippen LogP contribution in [0.25, 0.3) is 0 Å². The number of hydrogen-bond acceptors (Lipinski definition) is 1. The highest BCUT2D eigenvalue weighted by Gasteiger charge is 1.66. The lowest BCUT2D eigenvalue weighted by Crippen LogP contribution is -1.79. The van der Waals surface area contributed by atoms with Crippen LogP contribution < -0.4 is 0 Å². The van der Waals surface area contributed by atoms with E-state index in [0.717, 1.165) is 7.11 Å². The highest BCUT2D eigenvalue weighted by atomic mass is 16.4. The molecule has 0 aliphatic heterocycles. The molecule has 0 aliphatic rings. The maximum Gasteiger partial charge on any atom is 0.303 e. The van der Waals surface area contributed by atoms with Gasteiger partial charge in [-0.3, -0.25) is 4.79 Å². The lowest BCUT2D eigenvalue weighted by Gasteiger charge is -1.58. The van der Waals surface area contributed by atoms with Crippen LogP contribution in [0.4, 0.5) is 0 Å². The van der Waals surface area contributed by atoms with Crippen molar-refractivity contribution < 1.29 is 15.0 Å². The van der Waals surface area contributed by atoms with Gasteiger partial charge in [0.25, 0.3) is 0 Å². The Morgan fingerprint density at radius 1 is 1.67 bits per heavy atom. The second-order valence-electron chi connectivity index (χ2n) is 0.394. The van der Waals surface area contributed by atoms with Gasteiger partial charge >= 0.3 is 5.97 Å². The smallest absolute Gasteiger partial charge is 0.303 e. The first-order chi connectivity index (χ1) is 2.73. The van der Waals surface area contributed by atoms with E-state index >= 15 is 0 Å². The molecule has 0 atom stereocenters. The monoisotopic (exact) mass is 90.0 g/mol. The molecule has 0 aliphatic carbocycles. The Balaban J connectivity index is 0. The number of carboxylic acid groups (broad SMARTS) is 1. The van der Waals surface area contributed by atoms with E-state index in [-0.39, 0.29) is 0 Å². The van der Waals surface area contributed by atoms with Gasteiger partial charge < -0.3 is 5.11 Å². The Morgan fingerprint density at radius 2 is 1.67 bits per heavy atom. The quantitative estimate of drug-likeness (QED) is 0.453. The van der Waals surface area contributed by atoms with Gasteiger partial charge in [0.05, 0.1) is 14.0 Å². The fourth-order valence-electron chi connectivity index (χ4n) is 0. The minimum Gasteiger partial charge on any atom is -0.481 e. The summed E-state index contributed by atoms with van der Waals surface area (Å²) in [6, 6.07) is 0. The van der Waals surface area contributed by atoms with Crippen LogP contribution in [0.1, 0.15) is 0 Å². The van der Waals surface area contributed by atoms with E-state index in [1.54, 1.807) is 0 Å². The molecule has 0 bridgehead atoms. The number of carboxylic acids is 1. The average Bonchev–Trinajstić information content (AvgIpc) is 1.41. The van der Waals surface area contributed by atoms with E-state index < -0.39 is 5.97 Å². The minimum absolute atomic E-state index is 0.750. The first kappa shape index (κ1) is 9.06. The Kier molecular flexibility index (Phi) is 13.3. The van der Waals surface area contributed by atoms with Crippen LogP contribution in [0.5, 0.6) is 0 Å². The van der Waals surface area contributed by atoms with Gasteiger partial charge in [0.2, 0.25) is 0 Å². The largest absolute Gasteiger partial charge is 0.481 e. The highest BCUT2D eigenvalue weighted by Crippen LogP contribution is 1.40. The predicted molar refractivity (Wildman–Crippen MR) is 19.6 cm³/mol. The second kappa shape index (κ2) is 8.83. The molecule has 3 nitrogen and oxygen atoms in total. The summed E-state index contributed by atoms with van der Waals surface area (Å²) in [4.78, 5) is 8.89. The fraction of sp³-hybridized carbons (Fsp3) is 0.333.